The van der Waals surface area contributed by atoms with Crippen molar-refractivity contribution in [2.45, 2.75) is 47.0 Å². The smallest absolute Gasteiger partial charge is 0.0393 e. The highest BCUT2D eigenvalue weighted by Gasteiger charge is 2.12. The van der Waals surface area contributed by atoms with E-state index in [1.54, 1.807) is 0 Å². The number of nitrogen functional groups attached to an aromatic ring is 1. The molecule has 12 aromatic carbocycles. The van der Waals surface area contributed by atoms with Crippen LogP contribution in [0.4, 0.5) is 5.69 Å². The largest absolute Gasteiger partial charge is 0.398 e. The lowest BCUT2D eigenvalue weighted by atomic mass is 9.91. The van der Waals surface area contributed by atoms with Crippen molar-refractivity contribution in [2.75, 3.05) is 5.73 Å². The number of rotatable bonds is 11. The van der Waals surface area contributed by atoms with Crippen molar-refractivity contribution in [3.63, 3.8) is 0 Å². The molecule has 0 amide bonds. The number of hydrogen-bond acceptors (Lipinski definition) is 1. The van der Waals surface area contributed by atoms with Crippen LogP contribution in [0.2, 0.25) is 0 Å². The highest BCUT2D eigenvalue weighted by molar-refractivity contribution is 5.79. The summed E-state index contributed by atoms with van der Waals surface area (Å²) in [4.78, 5) is 0. The van der Waals surface area contributed by atoms with Gasteiger partial charge in [0.2, 0.25) is 0 Å². The van der Waals surface area contributed by atoms with Crippen LogP contribution >= 0.6 is 0 Å². The Hall–Kier alpha value is -9.56. The maximum absolute atomic E-state index is 6.39. The minimum Gasteiger partial charge on any atom is -0.398 e. The van der Waals surface area contributed by atoms with Crippen molar-refractivity contribution in [3.05, 3.63) is 365 Å². The Kier molecular flexibility index (Phi) is 19.4. The molecule has 0 saturated carbocycles. The predicted molar refractivity (Wildman–Crippen MR) is 344 cm³/mol. The second-order valence-corrected chi connectivity index (χ2v) is 20.6. The first-order valence-corrected chi connectivity index (χ1v) is 27.8. The zero-order valence-corrected chi connectivity index (χ0v) is 46.6. The van der Waals surface area contributed by atoms with Gasteiger partial charge in [-0.2, -0.15) is 0 Å². The molecule has 0 aliphatic carbocycles. The predicted octanol–water partition coefficient (Wildman–Crippen LogP) is 20.7. The number of nitrogens with two attached hydrogens (primary N) is 1. The molecule has 12 rings (SSSR count). The molecule has 0 aliphatic heterocycles. The van der Waals surface area contributed by atoms with Gasteiger partial charge in [-0.05, 0) is 148 Å². The fourth-order valence-corrected chi connectivity index (χ4v) is 9.91. The first kappa shape index (κ1) is 55.2. The molecule has 1 nitrogen and oxygen atoms in total. The fourth-order valence-electron chi connectivity index (χ4n) is 9.91. The molecule has 0 fully saturated rings. The summed E-state index contributed by atoms with van der Waals surface area (Å²) < 4.78 is 0. The van der Waals surface area contributed by atoms with Crippen LogP contribution in [-0.4, -0.2) is 0 Å². The normalized spacial score (nSPS) is 10.4. The first-order chi connectivity index (χ1) is 39.2. The maximum Gasteiger partial charge on any atom is 0.0393 e. The Morgan fingerprint density at radius 3 is 1.02 bits per heavy atom. The second-order valence-electron chi connectivity index (χ2n) is 20.6. The molecule has 0 atom stereocenters. The summed E-state index contributed by atoms with van der Waals surface area (Å²) in [6.07, 6.45) is 2.73. The van der Waals surface area contributed by atoms with Crippen molar-refractivity contribution in [2.24, 2.45) is 0 Å². The number of benzene rings is 12. The van der Waals surface area contributed by atoms with E-state index in [2.05, 4.69) is 301 Å². The van der Waals surface area contributed by atoms with Gasteiger partial charge in [0.05, 0.1) is 0 Å². The van der Waals surface area contributed by atoms with Crippen LogP contribution in [0.3, 0.4) is 0 Å². The molecule has 0 radical (unpaired) electrons. The fraction of sp³-hybridized carbons (Fsp3) is 0.0886. The summed E-state index contributed by atoms with van der Waals surface area (Å²) in [6.45, 7) is 8.57. The van der Waals surface area contributed by atoms with Gasteiger partial charge in [0.1, 0.15) is 0 Å². The minimum atomic E-state index is 0.816. The van der Waals surface area contributed by atoms with E-state index < -0.39 is 0 Å². The number of anilines is 1. The third kappa shape index (κ3) is 15.8. The average molecular weight is 1030 g/mol. The Morgan fingerprint density at radius 1 is 0.225 bits per heavy atom. The van der Waals surface area contributed by atoms with Crippen molar-refractivity contribution in [3.8, 4) is 55.6 Å². The Labute approximate surface area is 476 Å². The van der Waals surface area contributed by atoms with Crippen LogP contribution in [0.1, 0.15) is 55.6 Å². The van der Waals surface area contributed by atoms with Crippen molar-refractivity contribution in [1.29, 1.82) is 0 Å². The van der Waals surface area contributed by atoms with Crippen molar-refractivity contribution >= 4 is 5.69 Å². The van der Waals surface area contributed by atoms with E-state index in [4.69, 9.17) is 5.73 Å². The summed E-state index contributed by atoms with van der Waals surface area (Å²) in [5.74, 6) is 0. The van der Waals surface area contributed by atoms with Crippen molar-refractivity contribution in [1.82, 2.24) is 0 Å². The SMILES string of the molecule is Cc1ccc(-c2ccccc2)cc1.Cc1ccccc1.Cc1ccccc1-c1cc(Cc2ccc(-c3ccccc3)cc2)ccc1C.Nc1ccccc1-c1cc(Cc2ccc(-c3ccccc3)cc2)ccc1Cc1ccccc1. The Bertz CT molecular complexity index is 3770. The van der Waals surface area contributed by atoms with Gasteiger partial charge < -0.3 is 5.73 Å². The molecule has 0 bridgehead atoms. The van der Waals surface area contributed by atoms with E-state index in [0.717, 1.165) is 30.5 Å². The zero-order valence-electron chi connectivity index (χ0n) is 46.6. The van der Waals surface area contributed by atoms with E-state index in [-0.39, 0.29) is 0 Å². The standard InChI is InChI=1S/C32H27N.C27H24.C13H12.C7H8/c33-32-14-8-7-13-30(32)31-23-26(17-20-29(31)22-24-9-3-1-4-10-24)21-25-15-18-28(19-16-25)27-11-5-2-6-12-27;1-20-8-6-7-11-26(20)27-19-23(13-12-21(27)2)18-22-14-16-25(17-15-22)24-9-4-3-5-10-24;1-11-7-9-13(10-8-11)12-5-3-2-4-6-12;1-7-5-3-2-4-6-7/h1-20,23H,21-22,33H2;3-17,19H,18H2,1-2H3;2-10H,1H3;2-6H,1H3. The van der Waals surface area contributed by atoms with Crippen molar-refractivity contribution < 1.29 is 0 Å². The lowest BCUT2D eigenvalue weighted by molar-refractivity contribution is 1.15. The minimum absolute atomic E-state index is 0.816. The average Bonchev–Trinajstić information content (AvgIpc) is 3.58. The molecule has 392 valence electrons. The van der Waals surface area contributed by atoms with E-state index in [1.165, 1.54) is 106 Å². The summed E-state index contributed by atoms with van der Waals surface area (Å²) in [7, 11) is 0. The summed E-state index contributed by atoms with van der Waals surface area (Å²) in [5.41, 5.74) is 32.9. The molecule has 0 unspecified atom stereocenters. The van der Waals surface area contributed by atoms with Gasteiger partial charge in [-0.15, -0.1) is 0 Å². The van der Waals surface area contributed by atoms with Crippen LogP contribution in [0.15, 0.2) is 309 Å². The van der Waals surface area contributed by atoms with Crippen LogP contribution in [-0.2, 0) is 19.3 Å². The van der Waals surface area contributed by atoms with Gasteiger partial charge in [0, 0.05) is 11.3 Å². The topological polar surface area (TPSA) is 26.0 Å². The summed E-state index contributed by atoms with van der Waals surface area (Å²) in [5, 5.41) is 0. The third-order valence-corrected chi connectivity index (χ3v) is 14.4. The van der Waals surface area contributed by atoms with Gasteiger partial charge in [0.15, 0.2) is 0 Å². The molecule has 2 N–H and O–H groups in total. The highest BCUT2D eigenvalue weighted by Crippen LogP contribution is 2.33. The molecule has 0 spiro atoms. The highest BCUT2D eigenvalue weighted by atomic mass is 14.6. The first-order valence-electron chi connectivity index (χ1n) is 27.8. The molecule has 0 heterocycles. The van der Waals surface area contributed by atoms with E-state index in [0.29, 0.717) is 0 Å². The second kappa shape index (κ2) is 28.2. The molecule has 0 aromatic heterocycles. The Balaban J connectivity index is 0.000000146. The lowest BCUT2D eigenvalue weighted by Gasteiger charge is -2.15. The van der Waals surface area contributed by atoms with Crippen LogP contribution in [0.5, 0.6) is 0 Å². The molecule has 12 aromatic rings. The third-order valence-electron chi connectivity index (χ3n) is 14.4. The lowest BCUT2D eigenvalue weighted by Crippen LogP contribution is -1.98. The molecule has 0 saturated heterocycles. The van der Waals surface area contributed by atoms with Gasteiger partial charge in [-0.1, -0.05) is 314 Å². The Morgan fingerprint density at radius 2 is 0.562 bits per heavy atom. The van der Waals surface area contributed by atoms with Gasteiger partial charge in [-0.3, -0.25) is 0 Å². The molecule has 1 heteroatoms. The summed E-state index contributed by atoms with van der Waals surface area (Å²) in [6, 6.07) is 109. The monoisotopic (exact) mass is 1030 g/mol. The maximum atomic E-state index is 6.39. The molecule has 80 heavy (non-hydrogen) atoms. The van der Waals surface area contributed by atoms with Crippen LogP contribution < -0.4 is 5.73 Å². The number of para-hydroxylation sites is 1. The quantitative estimate of drug-likeness (QED) is 0.128. The zero-order chi connectivity index (χ0) is 55.3. The molecular formula is C79H71N. The van der Waals surface area contributed by atoms with E-state index in [1.807, 2.05) is 36.4 Å². The van der Waals surface area contributed by atoms with Crippen LogP contribution in [0.25, 0.3) is 55.6 Å². The van der Waals surface area contributed by atoms with Gasteiger partial charge in [-0.25, -0.2) is 0 Å². The molecule has 0 aliphatic rings. The molecular weight excluding hydrogens is 963 g/mol. The van der Waals surface area contributed by atoms with Gasteiger partial charge in [0.25, 0.3) is 0 Å². The van der Waals surface area contributed by atoms with E-state index >= 15 is 0 Å². The summed E-state index contributed by atoms with van der Waals surface area (Å²) >= 11 is 0. The number of aryl methyl sites for hydroxylation is 4. The van der Waals surface area contributed by atoms with Crippen LogP contribution in [0, 0.1) is 27.7 Å². The van der Waals surface area contributed by atoms with Gasteiger partial charge >= 0.3 is 0 Å². The number of hydrogen-bond donors (Lipinski definition) is 1. The van der Waals surface area contributed by atoms with E-state index in [9.17, 15) is 0 Å².